The Morgan fingerprint density at radius 1 is 1.00 bits per heavy atom. The minimum atomic E-state index is 0.0128. The predicted molar refractivity (Wildman–Crippen MR) is 88.3 cm³/mol. The molecule has 3 heteroatoms. The van der Waals surface area contributed by atoms with E-state index in [1.807, 2.05) is 6.92 Å². The lowest BCUT2D eigenvalue weighted by Gasteiger charge is -2.35. The molecule has 0 spiro atoms. The molecule has 0 radical (unpaired) electrons. The molecule has 0 unspecified atom stereocenters. The van der Waals surface area contributed by atoms with Crippen LogP contribution in [-0.4, -0.2) is 25.4 Å². The molecule has 0 aliphatic heterocycles. The first kappa shape index (κ1) is 19.9. The number of hydrogen-bond donors (Lipinski definition) is 0. The van der Waals surface area contributed by atoms with E-state index in [0.29, 0.717) is 5.92 Å². The lowest BCUT2D eigenvalue weighted by Crippen LogP contribution is -2.35. The molecule has 0 aromatic heterocycles. The average molecular weight is 305 g/mol. The average Bonchev–Trinajstić information content (AvgIpc) is 2.30. The van der Waals surface area contributed by atoms with Gasteiger partial charge in [-0.15, -0.1) is 0 Å². The van der Waals surface area contributed by atoms with Crippen LogP contribution in [0.1, 0.15) is 61.3 Å². The van der Waals surface area contributed by atoms with Crippen LogP contribution in [0, 0.1) is 11.3 Å². The molecule has 0 rings (SSSR count). The molecule has 0 atom stereocenters. The SMILES string of the molecule is CC(Cl)=CCC(COC(C)C)(COC(C)C)CC(C)C. The fourth-order valence-corrected chi connectivity index (χ4v) is 2.35. The van der Waals surface area contributed by atoms with Crippen molar-refractivity contribution in [2.24, 2.45) is 11.3 Å². The van der Waals surface area contributed by atoms with E-state index in [1.54, 1.807) is 0 Å². The summed E-state index contributed by atoms with van der Waals surface area (Å²) in [6.45, 7) is 16.2. The van der Waals surface area contributed by atoms with Gasteiger partial charge in [0.25, 0.3) is 0 Å². The molecular weight excluding hydrogens is 272 g/mol. The van der Waals surface area contributed by atoms with Gasteiger partial charge < -0.3 is 9.47 Å². The Labute approximate surface area is 130 Å². The topological polar surface area (TPSA) is 18.5 Å². The van der Waals surface area contributed by atoms with Gasteiger partial charge in [-0.25, -0.2) is 0 Å². The summed E-state index contributed by atoms with van der Waals surface area (Å²) in [4.78, 5) is 0. The van der Waals surface area contributed by atoms with Gasteiger partial charge in [0.1, 0.15) is 0 Å². The van der Waals surface area contributed by atoms with E-state index in [1.165, 1.54) is 0 Å². The predicted octanol–water partition coefficient (Wildman–Crippen LogP) is 5.40. The van der Waals surface area contributed by atoms with E-state index in [2.05, 4.69) is 47.6 Å². The number of ether oxygens (including phenoxy) is 2. The van der Waals surface area contributed by atoms with Crippen LogP contribution in [0.3, 0.4) is 0 Å². The molecule has 0 aliphatic carbocycles. The van der Waals surface area contributed by atoms with Gasteiger partial charge >= 0.3 is 0 Å². The number of allylic oxidation sites excluding steroid dienone is 2. The van der Waals surface area contributed by atoms with Crippen LogP contribution in [0.15, 0.2) is 11.1 Å². The van der Waals surface area contributed by atoms with Crippen LogP contribution in [0.25, 0.3) is 0 Å². The van der Waals surface area contributed by atoms with Crippen molar-refractivity contribution in [3.05, 3.63) is 11.1 Å². The van der Waals surface area contributed by atoms with Crippen LogP contribution < -0.4 is 0 Å². The summed E-state index contributed by atoms with van der Waals surface area (Å²) in [7, 11) is 0. The van der Waals surface area contributed by atoms with E-state index in [9.17, 15) is 0 Å². The molecule has 0 saturated heterocycles. The summed E-state index contributed by atoms with van der Waals surface area (Å²) >= 11 is 6.03. The lowest BCUT2D eigenvalue weighted by atomic mass is 9.78. The van der Waals surface area contributed by atoms with Crippen molar-refractivity contribution in [2.75, 3.05) is 13.2 Å². The molecule has 0 heterocycles. The van der Waals surface area contributed by atoms with Crippen molar-refractivity contribution in [3.8, 4) is 0 Å². The molecule has 0 N–H and O–H groups in total. The molecule has 2 nitrogen and oxygen atoms in total. The Morgan fingerprint density at radius 2 is 1.45 bits per heavy atom. The molecule has 120 valence electrons. The minimum Gasteiger partial charge on any atom is -0.378 e. The zero-order chi connectivity index (χ0) is 15.8. The van der Waals surface area contributed by atoms with E-state index in [4.69, 9.17) is 21.1 Å². The van der Waals surface area contributed by atoms with Crippen molar-refractivity contribution in [1.82, 2.24) is 0 Å². The monoisotopic (exact) mass is 304 g/mol. The van der Waals surface area contributed by atoms with E-state index >= 15 is 0 Å². The summed E-state index contributed by atoms with van der Waals surface area (Å²) in [5.74, 6) is 0.602. The highest BCUT2D eigenvalue weighted by Gasteiger charge is 2.31. The maximum absolute atomic E-state index is 6.03. The second-order valence-electron chi connectivity index (χ2n) is 6.81. The van der Waals surface area contributed by atoms with Crippen LogP contribution in [0.2, 0.25) is 0 Å². The zero-order valence-corrected chi connectivity index (χ0v) is 15.1. The van der Waals surface area contributed by atoms with Crippen molar-refractivity contribution in [2.45, 2.75) is 73.5 Å². The Morgan fingerprint density at radius 3 is 1.75 bits per heavy atom. The first-order valence-electron chi connectivity index (χ1n) is 7.72. The normalized spacial score (nSPS) is 13.8. The summed E-state index contributed by atoms with van der Waals surface area (Å²) < 4.78 is 11.8. The van der Waals surface area contributed by atoms with Crippen molar-refractivity contribution >= 4 is 11.6 Å². The van der Waals surface area contributed by atoms with Crippen molar-refractivity contribution in [3.63, 3.8) is 0 Å². The van der Waals surface area contributed by atoms with Crippen LogP contribution in [-0.2, 0) is 9.47 Å². The van der Waals surface area contributed by atoms with Crippen LogP contribution in [0.5, 0.6) is 0 Å². The van der Waals surface area contributed by atoms with Gasteiger partial charge in [0.15, 0.2) is 0 Å². The highest BCUT2D eigenvalue weighted by Crippen LogP contribution is 2.33. The zero-order valence-electron chi connectivity index (χ0n) is 14.3. The highest BCUT2D eigenvalue weighted by atomic mass is 35.5. The van der Waals surface area contributed by atoms with Crippen molar-refractivity contribution in [1.29, 1.82) is 0 Å². The van der Waals surface area contributed by atoms with Gasteiger partial charge in [-0.3, -0.25) is 0 Å². The third kappa shape index (κ3) is 9.79. The molecule has 0 fully saturated rings. The quantitative estimate of drug-likeness (QED) is 0.538. The largest absolute Gasteiger partial charge is 0.378 e. The third-order valence-corrected chi connectivity index (χ3v) is 3.26. The lowest BCUT2D eigenvalue weighted by molar-refractivity contribution is -0.0633. The second-order valence-corrected chi connectivity index (χ2v) is 7.41. The number of rotatable bonds is 10. The van der Waals surface area contributed by atoms with Crippen molar-refractivity contribution < 1.29 is 9.47 Å². The highest BCUT2D eigenvalue weighted by molar-refractivity contribution is 6.29. The molecular formula is C17H33ClO2. The van der Waals surface area contributed by atoms with Gasteiger partial charge in [-0.05, 0) is 53.4 Å². The van der Waals surface area contributed by atoms with Crippen LogP contribution in [0.4, 0.5) is 0 Å². The molecule has 0 aromatic carbocycles. The standard InChI is InChI=1S/C17H33ClO2/c1-13(2)10-17(9-8-16(7)18,11-19-14(3)4)12-20-15(5)6/h8,13-15H,9-12H2,1-7H3. The maximum Gasteiger partial charge on any atom is 0.0551 e. The summed E-state index contributed by atoms with van der Waals surface area (Å²) in [5.41, 5.74) is 0.0128. The molecule has 0 bridgehead atoms. The molecule has 0 amide bonds. The van der Waals surface area contributed by atoms with E-state index < -0.39 is 0 Å². The second kappa shape index (κ2) is 9.81. The Kier molecular flexibility index (Phi) is 9.78. The molecule has 0 aromatic rings. The minimum absolute atomic E-state index is 0.0128. The smallest absolute Gasteiger partial charge is 0.0551 e. The van der Waals surface area contributed by atoms with E-state index in [-0.39, 0.29) is 17.6 Å². The summed E-state index contributed by atoms with van der Waals surface area (Å²) in [6.07, 6.45) is 4.55. The fraction of sp³-hybridized carbons (Fsp3) is 0.882. The fourth-order valence-electron chi connectivity index (χ4n) is 2.27. The maximum atomic E-state index is 6.03. The molecule has 0 saturated carbocycles. The number of halogens is 1. The van der Waals surface area contributed by atoms with Gasteiger partial charge in [-0.2, -0.15) is 0 Å². The molecule has 0 aliphatic rings. The number of hydrogen-bond acceptors (Lipinski definition) is 2. The Balaban J connectivity index is 4.98. The van der Waals surface area contributed by atoms with Gasteiger partial charge in [0.05, 0.1) is 25.4 Å². The van der Waals surface area contributed by atoms with Gasteiger partial charge in [0.2, 0.25) is 0 Å². The van der Waals surface area contributed by atoms with Gasteiger partial charge in [-0.1, -0.05) is 31.5 Å². The first-order chi connectivity index (χ1) is 9.17. The Bertz CT molecular complexity index is 267. The van der Waals surface area contributed by atoms with E-state index in [0.717, 1.165) is 31.1 Å². The Hall–Kier alpha value is -0.0500. The van der Waals surface area contributed by atoms with Gasteiger partial charge in [0, 0.05) is 10.4 Å². The molecule has 20 heavy (non-hydrogen) atoms. The summed E-state index contributed by atoms with van der Waals surface area (Å²) in [6, 6.07) is 0. The summed E-state index contributed by atoms with van der Waals surface area (Å²) in [5, 5.41) is 0.840. The van der Waals surface area contributed by atoms with Crippen LogP contribution >= 0.6 is 11.6 Å². The first-order valence-corrected chi connectivity index (χ1v) is 8.10. The third-order valence-electron chi connectivity index (χ3n) is 3.10.